The smallest absolute Gasteiger partial charge is 0.312 e. The molecule has 104 valence electrons. The van der Waals surface area contributed by atoms with Crippen LogP contribution in [-0.2, 0) is 19.1 Å². The monoisotopic (exact) mass is 280 g/mol. The van der Waals surface area contributed by atoms with E-state index in [0.717, 1.165) is 6.42 Å². The van der Waals surface area contributed by atoms with Gasteiger partial charge in [0.2, 0.25) is 0 Å². The molecule has 0 saturated heterocycles. The fraction of sp³-hybridized carbons (Fsp3) is 0.750. The van der Waals surface area contributed by atoms with Crippen molar-refractivity contribution < 1.29 is 13.2 Å². The van der Waals surface area contributed by atoms with Gasteiger partial charge in [-0.05, 0) is 18.9 Å². The van der Waals surface area contributed by atoms with Crippen LogP contribution in [0.2, 0.25) is 0 Å². The molecule has 0 aliphatic heterocycles. The second-order valence-corrected chi connectivity index (χ2v) is 5.82. The van der Waals surface area contributed by atoms with Crippen molar-refractivity contribution in [2.24, 2.45) is 5.92 Å². The zero-order valence-corrected chi connectivity index (χ0v) is 11.7. The molecule has 0 saturated carbocycles. The van der Waals surface area contributed by atoms with E-state index in [4.69, 9.17) is 0 Å². The SMILES string of the molecule is CCCNCc1sc(CC(C)C)nc1C(F)(F)F. The Balaban J connectivity index is 2.87. The standard InChI is InChI=1S/C12H19F3N2S/c1-4-5-16-7-9-11(12(13,14)15)17-10(18-9)6-8(2)3/h8,16H,4-7H2,1-3H3. The van der Waals surface area contributed by atoms with Crippen LogP contribution in [0.25, 0.3) is 0 Å². The van der Waals surface area contributed by atoms with Crippen LogP contribution in [-0.4, -0.2) is 11.5 Å². The fourth-order valence-electron chi connectivity index (χ4n) is 1.56. The molecule has 1 rings (SSSR count). The van der Waals surface area contributed by atoms with Crippen LogP contribution >= 0.6 is 11.3 Å². The Hall–Kier alpha value is -0.620. The van der Waals surface area contributed by atoms with Crippen molar-refractivity contribution in [3.05, 3.63) is 15.6 Å². The lowest BCUT2D eigenvalue weighted by atomic mass is 10.1. The topological polar surface area (TPSA) is 24.9 Å². The summed E-state index contributed by atoms with van der Waals surface area (Å²) in [7, 11) is 0. The van der Waals surface area contributed by atoms with Gasteiger partial charge in [0, 0.05) is 13.0 Å². The minimum Gasteiger partial charge on any atom is -0.312 e. The fourth-order valence-corrected chi connectivity index (χ4v) is 2.83. The van der Waals surface area contributed by atoms with Crippen molar-refractivity contribution in [3.8, 4) is 0 Å². The van der Waals surface area contributed by atoms with Crippen LogP contribution in [0, 0.1) is 5.92 Å². The number of alkyl halides is 3. The largest absolute Gasteiger partial charge is 0.434 e. The van der Waals surface area contributed by atoms with Gasteiger partial charge in [-0.3, -0.25) is 0 Å². The zero-order valence-electron chi connectivity index (χ0n) is 10.9. The molecule has 0 unspecified atom stereocenters. The molecule has 0 radical (unpaired) electrons. The van der Waals surface area contributed by atoms with Gasteiger partial charge in [0.05, 0.1) is 9.88 Å². The van der Waals surface area contributed by atoms with Crippen LogP contribution in [0.3, 0.4) is 0 Å². The number of aromatic nitrogens is 1. The lowest BCUT2D eigenvalue weighted by molar-refractivity contribution is -0.141. The number of hydrogen-bond donors (Lipinski definition) is 1. The molecule has 0 aliphatic carbocycles. The summed E-state index contributed by atoms with van der Waals surface area (Å²) in [6.45, 7) is 6.90. The van der Waals surface area contributed by atoms with Gasteiger partial charge < -0.3 is 5.32 Å². The molecule has 2 nitrogen and oxygen atoms in total. The quantitative estimate of drug-likeness (QED) is 0.800. The summed E-state index contributed by atoms with van der Waals surface area (Å²) in [4.78, 5) is 4.05. The van der Waals surface area contributed by atoms with Crippen molar-refractivity contribution in [2.75, 3.05) is 6.54 Å². The molecule has 0 atom stereocenters. The summed E-state index contributed by atoms with van der Waals surface area (Å²) in [5.41, 5.74) is -0.716. The first-order valence-electron chi connectivity index (χ1n) is 6.11. The van der Waals surface area contributed by atoms with Crippen molar-refractivity contribution in [1.29, 1.82) is 0 Å². The lowest BCUT2D eigenvalue weighted by Gasteiger charge is -2.06. The third-order valence-corrected chi connectivity index (χ3v) is 3.38. The van der Waals surface area contributed by atoms with E-state index >= 15 is 0 Å². The van der Waals surface area contributed by atoms with E-state index in [1.54, 1.807) is 0 Å². The second kappa shape index (κ2) is 6.52. The van der Waals surface area contributed by atoms with E-state index in [2.05, 4.69) is 10.3 Å². The summed E-state index contributed by atoms with van der Waals surface area (Å²) >= 11 is 1.17. The summed E-state index contributed by atoms with van der Waals surface area (Å²) in [6.07, 6.45) is -2.85. The average Bonchev–Trinajstić information content (AvgIpc) is 2.60. The first kappa shape index (κ1) is 15.4. The summed E-state index contributed by atoms with van der Waals surface area (Å²) in [5, 5.41) is 3.58. The molecule has 6 heteroatoms. The van der Waals surface area contributed by atoms with Gasteiger partial charge in [-0.25, -0.2) is 4.98 Å². The zero-order chi connectivity index (χ0) is 13.8. The maximum absolute atomic E-state index is 12.8. The number of halogens is 3. The van der Waals surface area contributed by atoms with E-state index in [9.17, 15) is 13.2 Å². The highest BCUT2D eigenvalue weighted by molar-refractivity contribution is 7.11. The van der Waals surface area contributed by atoms with Crippen LogP contribution < -0.4 is 5.32 Å². The molecule has 1 heterocycles. The van der Waals surface area contributed by atoms with Gasteiger partial charge in [-0.15, -0.1) is 11.3 Å². The molecule has 1 aromatic heterocycles. The first-order chi connectivity index (χ1) is 8.34. The summed E-state index contributed by atoms with van der Waals surface area (Å²) in [6, 6.07) is 0. The van der Waals surface area contributed by atoms with Crippen molar-refractivity contribution in [3.63, 3.8) is 0 Å². The highest BCUT2D eigenvalue weighted by Gasteiger charge is 2.37. The first-order valence-corrected chi connectivity index (χ1v) is 6.92. The molecule has 0 amide bonds. The van der Waals surface area contributed by atoms with Gasteiger partial charge >= 0.3 is 6.18 Å². The van der Waals surface area contributed by atoms with Gasteiger partial charge in [0.15, 0.2) is 5.69 Å². The highest BCUT2D eigenvalue weighted by Crippen LogP contribution is 2.34. The molecule has 0 aromatic carbocycles. The average molecular weight is 280 g/mol. The van der Waals surface area contributed by atoms with Crippen molar-refractivity contribution >= 4 is 11.3 Å². The molecule has 18 heavy (non-hydrogen) atoms. The van der Waals surface area contributed by atoms with Gasteiger partial charge in [-0.1, -0.05) is 20.8 Å². The Morgan fingerprint density at radius 3 is 2.50 bits per heavy atom. The van der Waals surface area contributed by atoms with Gasteiger partial charge in [0.1, 0.15) is 0 Å². The summed E-state index contributed by atoms with van der Waals surface area (Å²) < 4.78 is 38.5. The predicted molar refractivity (Wildman–Crippen MR) is 67.7 cm³/mol. The van der Waals surface area contributed by atoms with Crippen LogP contribution in [0.15, 0.2) is 0 Å². The minimum atomic E-state index is -4.35. The number of thiazole rings is 1. The van der Waals surface area contributed by atoms with Crippen LogP contribution in [0.1, 0.15) is 42.8 Å². The molecular weight excluding hydrogens is 261 g/mol. The Bertz CT molecular complexity index is 372. The molecular formula is C12H19F3N2S. The van der Waals surface area contributed by atoms with E-state index in [-0.39, 0.29) is 6.54 Å². The number of nitrogens with one attached hydrogen (secondary N) is 1. The molecule has 0 bridgehead atoms. The molecule has 0 spiro atoms. The maximum Gasteiger partial charge on any atom is 0.434 e. The van der Waals surface area contributed by atoms with E-state index in [1.165, 1.54) is 11.3 Å². The second-order valence-electron chi connectivity index (χ2n) is 4.65. The maximum atomic E-state index is 12.8. The van der Waals surface area contributed by atoms with Gasteiger partial charge in [0.25, 0.3) is 0 Å². The number of hydrogen-bond acceptors (Lipinski definition) is 3. The Morgan fingerprint density at radius 2 is 2.00 bits per heavy atom. The third-order valence-electron chi connectivity index (χ3n) is 2.31. The Kier molecular flexibility index (Phi) is 5.59. The highest BCUT2D eigenvalue weighted by atomic mass is 32.1. The van der Waals surface area contributed by atoms with Crippen molar-refractivity contribution in [1.82, 2.24) is 10.3 Å². The Morgan fingerprint density at radius 1 is 1.33 bits per heavy atom. The molecule has 1 N–H and O–H groups in total. The van der Waals surface area contributed by atoms with Crippen LogP contribution in [0.4, 0.5) is 13.2 Å². The lowest BCUT2D eigenvalue weighted by Crippen LogP contribution is -2.17. The molecule has 0 fully saturated rings. The number of nitrogens with zero attached hydrogens (tertiary/aromatic N) is 1. The molecule has 0 aliphatic rings. The van der Waals surface area contributed by atoms with Crippen molar-refractivity contribution in [2.45, 2.75) is 46.3 Å². The van der Waals surface area contributed by atoms with Crippen LogP contribution in [0.5, 0.6) is 0 Å². The Labute approximate surface area is 110 Å². The predicted octanol–water partition coefficient (Wildman–Crippen LogP) is 3.86. The minimum absolute atomic E-state index is 0.248. The van der Waals surface area contributed by atoms with E-state index in [1.807, 2.05) is 20.8 Å². The van der Waals surface area contributed by atoms with Gasteiger partial charge in [-0.2, -0.15) is 13.2 Å². The summed E-state index contributed by atoms with van der Waals surface area (Å²) in [5.74, 6) is 0.314. The van der Waals surface area contributed by atoms with E-state index < -0.39 is 11.9 Å². The normalized spacial score (nSPS) is 12.4. The molecule has 1 aromatic rings. The van der Waals surface area contributed by atoms with E-state index in [0.29, 0.717) is 28.8 Å². The number of rotatable bonds is 6. The third kappa shape index (κ3) is 4.57.